The van der Waals surface area contributed by atoms with Gasteiger partial charge in [0.1, 0.15) is 15.7 Å². The van der Waals surface area contributed by atoms with E-state index in [9.17, 15) is 0 Å². The van der Waals surface area contributed by atoms with E-state index in [-0.39, 0.29) is 0 Å². The zero-order valence-electron chi connectivity index (χ0n) is 15.9. The van der Waals surface area contributed by atoms with Gasteiger partial charge in [-0.3, -0.25) is 0 Å². The molecule has 0 spiro atoms. The van der Waals surface area contributed by atoms with Crippen molar-refractivity contribution in [2.75, 3.05) is 0 Å². The monoisotopic (exact) mass is 565 g/mol. The summed E-state index contributed by atoms with van der Waals surface area (Å²) in [5.74, 6) is 0. The van der Waals surface area contributed by atoms with Crippen LogP contribution in [-0.4, -0.2) is 14.5 Å². The lowest BCUT2D eigenvalue weighted by Crippen LogP contribution is -2.37. The van der Waals surface area contributed by atoms with Crippen molar-refractivity contribution in [1.82, 2.24) is 14.5 Å². The third-order valence-electron chi connectivity index (χ3n) is 5.36. The number of benzene rings is 3. The normalized spacial score (nSPS) is 11.7. The molecule has 0 unspecified atom stereocenters. The van der Waals surface area contributed by atoms with E-state index in [1.165, 1.54) is 16.7 Å². The summed E-state index contributed by atoms with van der Waals surface area (Å²) in [6.07, 6.45) is 3.92. The molecule has 0 bridgehead atoms. The van der Waals surface area contributed by atoms with Crippen LogP contribution in [0.1, 0.15) is 16.7 Å². The second kappa shape index (κ2) is 7.96. The Kier molecular flexibility index (Phi) is 5.16. The number of hydrogen-bond acceptors (Lipinski definition) is 2. The van der Waals surface area contributed by atoms with Crippen LogP contribution in [-0.2, 0) is 5.54 Å². The summed E-state index contributed by atoms with van der Waals surface area (Å²) >= 11 is 5.82. The Morgan fingerprint density at radius 2 is 1.20 bits per heavy atom. The van der Waals surface area contributed by atoms with E-state index in [2.05, 4.69) is 140 Å². The first-order valence-corrected chi connectivity index (χ1v) is 11.4. The van der Waals surface area contributed by atoms with Gasteiger partial charge in [0.2, 0.25) is 0 Å². The number of rotatable bonds is 4. The van der Waals surface area contributed by atoms with Gasteiger partial charge in [-0.15, -0.1) is 0 Å². The molecule has 0 radical (unpaired) electrons. The maximum atomic E-state index is 4.79. The number of aromatic nitrogens is 3. The Bertz CT molecular complexity index is 1210. The van der Waals surface area contributed by atoms with Crippen molar-refractivity contribution >= 4 is 49.7 Å². The SMILES string of the molecule is Brc1cnc2c(n1)c(I)cn2C(c1ccccc1)(c1ccccc1)c1ccccc1. The first kappa shape index (κ1) is 19.5. The number of nitrogens with zero attached hydrogens (tertiary/aromatic N) is 3. The van der Waals surface area contributed by atoms with Gasteiger partial charge in [0.15, 0.2) is 5.65 Å². The molecule has 0 amide bonds. The first-order chi connectivity index (χ1) is 14.7. The highest BCUT2D eigenvalue weighted by Crippen LogP contribution is 2.43. The topological polar surface area (TPSA) is 30.7 Å². The Labute approximate surface area is 197 Å². The Hall–Kier alpha value is -2.51. The Balaban J connectivity index is 1.98. The molecule has 30 heavy (non-hydrogen) atoms. The van der Waals surface area contributed by atoms with Gasteiger partial charge in [-0.25, -0.2) is 9.97 Å². The first-order valence-electron chi connectivity index (χ1n) is 9.57. The van der Waals surface area contributed by atoms with Crippen molar-refractivity contribution in [3.05, 3.63) is 128 Å². The fourth-order valence-corrected chi connectivity index (χ4v) is 5.06. The van der Waals surface area contributed by atoms with Crippen LogP contribution in [0.25, 0.3) is 11.2 Å². The van der Waals surface area contributed by atoms with Crippen molar-refractivity contribution in [3.8, 4) is 0 Å². The third-order valence-corrected chi connectivity index (χ3v) is 6.53. The number of halogens is 2. The standard InChI is InChI=1S/C25H17BrIN3/c26-22-16-28-24-23(29-22)21(27)17-30(24)25(18-10-4-1-5-11-18,19-12-6-2-7-13-19)20-14-8-3-9-15-20/h1-17H. The number of fused-ring (bicyclic) bond motifs is 1. The molecule has 146 valence electrons. The van der Waals surface area contributed by atoms with E-state index in [4.69, 9.17) is 9.97 Å². The second-order valence-corrected chi connectivity index (χ2v) is 9.00. The molecule has 5 rings (SSSR count). The third kappa shape index (κ3) is 3.08. The summed E-state index contributed by atoms with van der Waals surface area (Å²) in [6, 6.07) is 31.8. The van der Waals surface area contributed by atoms with Crippen LogP contribution in [0.15, 0.2) is 108 Å². The lowest BCUT2D eigenvalue weighted by molar-refractivity contribution is 0.529. The maximum Gasteiger partial charge on any atom is 0.161 e. The van der Waals surface area contributed by atoms with Crippen LogP contribution in [0, 0.1) is 3.57 Å². The van der Waals surface area contributed by atoms with Crippen molar-refractivity contribution in [2.24, 2.45) is 0 Å². The molecule has 2 heterocycles. The van der Waals surface area contributed by atoms with Crippen LogP contribution >= 0.6 is 38.5 Å². The molecular weight excluding hydrogens is 549 g/mol. The fourth-order valence-electron chi connectivity index (χ4n) is 4.14. The minimum absolute atomic E-state index is 0.589. The van der Waals surface area contributed by atoms with E-state index in [1.807, 2.05) is 0 Å². The zero-order chi connectivity index (χ0) is 20.6. The van der Waals surface area contributed by atoms with Crippen LogP contribution < -0.4 is 0 Å². The summed E-state index contributed by atoms with van der Waals surface area (Å²) in [7, 11) is 0. The molecule has 3 aromatic carbocycles. The Morgan fingerprint density at radius 3 is 1.67 bits per heavy atom. The molecule has 0 aliphatic rings. The van der Waals surface area contributed by atoms with Gasteiger partial charge in [-0.1, -0.05) is 91.0 Å². The average Bonchev–Trinajstić information content (AvgIpc) is 3.12. The molecule has 2 aromatic heterocycles. The van der Waals surface area contributed by atoms with Crippen LogP contribution in [0.3, 0.4) is 0 Å². The quantitative estimate of drug-likeness (QED) is 0.181. The van der Waals surface area contributed by atoms with E-state index >= 15 is 0 Å². The average molecular weight is 566 g/mol. The van der Waals surface area contributed by atoms with Crippen molar-refractivity contribution in [2.45, 2.75) is 5.54 Å². The van der Waals surface area contributed by atoms with Crippen molar-refractivity contribution < 1.29 is 0 Å². The molecular formula is C25H17BrIN3. The highest BCUT2D eigenvalue weighted by atomic mass is 127. The summed E-state index contributed by atoms with van der Waals surface area (Å²) in [4.78, 5) is 9.51. The van der Waals surface area contributed by atoms with Crippen LogP contribution in [0.5, 0.6) is 0 Å². The molecule has 0 fully saturated rings. The molecule has 5 heteroatoms. The molecule has 0 aliphatic heterocycles. The highest BCUT2D eigenvalue weighted by Gasteiger charge is 2.40. The van der Waals surface area contributed by atoms with Gasteiger partial charge in [0.25, 0.3) is 0 Å². The highest BCUT2D eigenvalue weighted by molar-refractivity contribution is 14.1. The Morgan fingerprint density at radius 1 is 0.733 bits per heavy atom. The summed E-state index contributed by atoms with van der Waals surface area (Å²) < 4.78 is 4.06. The molecule has 0 aliphatic carbocycles. The van der Waals surface area contributed by atoms with Gasteiger partial charge < -0.3 is 4.57 Å². The largest absolute Gasteiger partial charge is 0.312 e. The molecule has 0 atom stereocenters. The molecule has 0 saturated carbocycles. The van der Waals surface area contributed by atoms with E-state index in [1.54, 1.807) is 6.20 Å². The molecule has 5 aromatic rings. The summed E-state index contributed by atoms with van der Waals surface area (Å²) in [5.41, 5.74) is 4.64. The zero-order valence-corrected chi connectivity index (χ0v) is 19.7. The predicted octanol–water partition coefficient (Wildman–Crippen LogP) is 6.64. The fraction of sp³-hybridized carbons (Fsp3) is 0.0400. The smallest absolute Gasteiger partial charge is 0.161 e. The van der Waals surface area contributed by atoms with Crippen molar-refractivity contribution in [1.29, 1.82) is 0 Å². The van der Waals surface area contributed by atoms with E-state index in [0.29, 0.717) is 0 Å². The molecule has 0 saturated heterocycles. The summed E-state index contributed by atoms with van der Waals surface area (Å²) in [5, 5.41) is 0. The van der Waals surface area contributed by atoms with Gasteiger partial charge in [-0.2, -0.15) is 0 Å². The van der Waals surface area contributed by atoms with Gasteiger partial charge in [0, 0.05) is 6.20 Å². The van der Waals surface area contributed by atoms with E-state index in [0.717, 1.165) is 19.3 Å². The summed E-state index contributed by atoms with van der Waals surface area (Å²) in [6.45, 7) is 0. The van der Waals surface area contributed by atoms with Crippen molar-refractivity contribution in [3.63, 3.8) is 0 Å². The van der Waals surface area contributed by atoms with Gasteiger partial charge in [-0.05, 0) is 55.2 Å². The van der Waals surface area contributed by atoms with Crippen LogP contribution in [0.4, 0.5) is 0 Å². The minimum atomic E-state index is -0.589. The predicted molar refractivity (Wildman–Crippen MR) is 133 cm³/mol. The van der Waals surface area contributed by atoms with Gasteiger partial charge in [0.05, 0.1) is 9.77 Å². The van der Waals surface area contributed by atoms with Gasteiger partial charge >= 0.3 is 0 Å². The minimum Gasteiger partial charge on any atom is -0.312 e. The second-order valence-electron chi connectivity index (χ2n) is 7.02. The molecule has 3 nitrogen and oxygen atoms in total. The molecule has 0 N–H and O–H groups in total. The number of hydrogen-bond donors (Lipinski definition) is 0. The lowest BCUT2D eigenvalue weighted by Gasteiger charge is -2.38. The van der Waals surface area contributed by atoms with Crippen LogP contribution in [0.2, 0.25) is 0 Å². The van der Waals surface area contributed by atoms with E-state index < -0.39 is 5.54 Å². The maximum absolute atomic E-state index is 4.79. The lowest BCUT2D eigenvalue weighted by atomic mass is 9.76.